The molecule has 3 N–H and O–H groups in total. The van der Waals surface area contributed by atoms with Crippen molar-refractivity contribution in [2.24, 2.45) is 0 Å². The van der Waals surface area contributed by atoms with Crippen LogP contribution in [0.2, 0.25) is 0 Å². The Morgan fingerprint density at radius 3 is 1.81 bits per heavy atom. The van der Waals surface area contributed by atoms with Crippen LogP contribution in [0.15, 0.2) is 48.5 Å². The molecule has 2 aromatic carbocycles. The van der Waals surface area contributed by atoms with Crippen molar-refractivity contribution in [3.05, 3.63) is 54.1 Å². The van der Waals surface area contributed by atoms with Gasteiger partial charge in [0, 0.05) is 17.9 Å². The van der Waals surface area contributed by atoms with Crippen LogP contribution in [0.3, 0.4) is 0 Å². The molecule has 0 saturated heterocycles. The van der Waals surface area contributed by atoms with Crippen LogP contribution in [0.4, 0.5) is 11.4 Å². The Morgan fingerprint density at radius 2 is 1.25 bits per heavy atom. The van der Waals surface area contributed by atoms with E-state index >= 15 is 0 Å². The highest BCUT2D eigenvalue weighted by atomic mass is 16.6. The molecule has 0 aliphatic carbocycles. The molecule has 36 heavy (non-hydrogen) atoms. The lowest BCUT2D eigenvalue weighted by Crippen LogP contribution is -2.15. The predicted molar refractivity (Wildman–Crippen MR) is 140 cm³/mol. The third-order valence-electron chi connectivity index (χ3n) is 4.93. The average Bonchev–Trinajstić information content (AvgIpc) is 2.90. The van der Waals surface area contributed by atoms with Crippen LogP contribution >= 0.6 is 0 Å². The van der Waals surface area contributed by atoms with Crippen LogP contribution in [0.5, 0.6) is 5.75 Å². The summed E-state index contributed by atoms with van der Waals surface area (Å²) in [5.41, 5.74) is 7.86. The van der Waals surface area contributed by atoms with Gasteiger partial charge in [0.2, 0.25) is 0 Å². The molecule has 0 radical (unpaired) electrons. The molecular formula is C27H40N2O7. The van der Waals surface area contributed by atoms with Gasteiger partial charge in [0.1, 0.15) is 19.0 Å². The molecule has 0 aromatic heterocycles. The fourth-order valence-corrected chi connectivity index (χ4v) is 2.95. The van der Waals surface area contributed by atoms with Crippen molar-refractivity contribution in [2.75, 3.05) is 83.7 Å². The maximum Gasteiger partial charge on any atom is 0.338 e. The molecule has 0 spiro atoms. The summed E-state index contributed by atoms with van der Waals surface area (Å²) in [7, 11) is 0. The molecule has 9 heteroatoms. The SMILES string of the molecule is CCCCNc1ccc(C(=O)OCCOCCOCCOCCOCCOc2ccc(N)cc2)cc1. The standard InChI is InChI=1S/C27H40N2O7/c1-2-3-12-29-25-8-4-23(5-9-25)27(30)36-22-20-34-18-16-32-14-13-31-15-17-33-19-21-35-26-10-6-24(28)7-11-26/h4-11,29H,2-3,12-22,28H2,1H3. The van der Waals surface area contributed by atoms with Crippen molar-refractivity contribution >= 4 is 17.3 Å². The van der Waals surface area contributed by atoms with Gasteiger partial charge in [-0.3, -0.25) is 0 Å². The van der Waals surface area contributed by atoms with E-state index in [1.165, 1.54) is 0 Å². The van der Waals surface area contributed by atoms with E-state index in [9.17, 15) is 4.79 Å². The molecule has 200 valence electrons. The second-order valence-corrected chi connectivity index (χ2v) is 7.86. The van der Waals surface area contributed by atoms with Crippen molar-refractivity contribution in [2.45, 2.75) is 19.8 Å². The molecule has 0 aliphatic heterocycles. The van der Waals surface area contributed by atoms with Gasteiger partial charge in [0.15, 0.2) is 0 Å². The number of nitrogens with one attached hydrogen (secondary N) is 1. The molecule has 0 atom stereocenters. The van der Waals surface area contributed by atoms with Gasteiger partial charge in [-0.2, -0.15) is 0 Å². The molecule has 0 saturated carbocycles. The number of ether oxygens (including phenoxy) is 6. The number of benzene rings is 2. The molecule has 0 heterocycles. The van der Waals surface area contributed by atoms with E-state index in [0.717, 1.165) is 30.8 Å². The fraction of sp³-hybridized carbons (Fsp3) is 0.519. The third-order valence-corrected chi connectivity index (χ3v) is 4.93. The van der Waals surface area contributed by atoms with Crippen molar-refractivity contribution in [1.29, 1.82) is 0 Å². The Kier molecular flexibility index (Phi) is 15.8. The predicted octanol–water partition coefficient (Wildman–Crippen LogP) is 3.78. The van der Waals surface area contributed by atoms with Gasteiger partial charge in [-0.25, -0.2) is 4.79 Å². The van der Waals surface area contributed by atoms with E-state index in [1.54, 1.807) is 24.3 Å². The van der Waals surface area contributed by atoms with Gasteiger partial charge in [-0.05, 0) is 55.0 Å². The average molecular weight is 505 g/mol. The Hall–Kier alpha value is -2.85. The van der Waals surface area contributed by atoms with E-state index in [2.05, 4.69) is 12.2 Å². The zero-order valence-electron chi connectivity index (χ0n) is 21.2. The fourth-order valence-electron chi connectivity index (χ4n) is 2.95. The normalized spacial score (nSPS) is 10.8. The molecule has 2 aromatic rings. The van der Waals surface area contributed by atoms with Gasteiger partial charge in [0.25, 0.3) is 0 Å². The zero-order valence-corrected chi connectivity index (χ0v) is 21.2. The first-order valence-electron chi connectivity index (χ1n) is 12.5. The quantitative estimate of drug-likeness (QED) is 0.149. The van der Waals surface area contributed by atoms with Crippen LogP contribution in [-0.2, 0) is 23.7 Å². The number of carbonyl (C=O) groups is 1. The van der Waals surface area contributed by atoms with Crippen molar-refractivity contribution in [3.63, 3.8) is 0 Å². The van der Waals surface area contributed by atoms with Crippen LogP contribution in [0.1, 0.15) is 30.1 Å². The van der Waals surface area contributed by atoms with Crippen molar-refractivity contribution < 1.29 is 33.2 Å². The first kappa shape index (κ1) is 29.4. The molecule has 0 fully saturated rings. The van der Waals surface area contributed by atoms with E-state index in [4.69, 9.17) is 34.2 Å². The Bertz CT molecular complexity index is 816. The largest absolute Gasteiger partial charge is 0.491 e. The Balaban J connectivity index is 1.32. The number of carbonyl (C=O) groups excluding carboxylic acids is 1. The summed E-state index contributed by atoms with van der Waals surface area (Å²) in [6.45, 7) is 7.36. The summed E-state index contributed by atoms with van der Waals surface area (Å²) >= 11 is 0. The van der Waals surface area contributed by atoms with Gasteiger partial charge in [-0.1, -0.05) is 13.3 Å². The number of esters is 1. The minimum absolute atomic E-state index is 0.198. The molecule has 0 bridgehead atoms. The van der Waals surface area contributed by atoms with Crippen LogP contribution in [0, 0.1) is 0 Å². The lowest BCUT2D eigenvalue weighted by Gasteiger charge is -2.09. The summed E-state index contributed by atoms with van der Waals surface area (Å²) in [6, 6.07) is 14.5. The second kappa shape index (κ2) is 19.4. The van der Waals surface area contributed by atoms with Crippen LogP contribution in [0.25, 0.3) is 0 Å². The Labute approximate surface area is 214 Å². The molecule has 2 rings (SSSR count). The first-order valence-corrected chi connectivity index (χ1v) is 12.5. The monoisotopic (exact) mass is 504 g/mol. The number of hydrogen-bond donors (Lipinski definition) is 2. The highest BCUT2D eigenvalue weighted by Crippen LogP contribution is 2.13. The molecule has 9 nitrogen and oxygen atoms in total. The highest BCUT2D eigenvalue weighted by Gasteiger charge is 2.06. The lowest BCUT2D eigenvalue weighted by atomic mass is 10.2. The summed E-state index contributed by atoms with van der Waals surface area (Å²) < 4.78 is 32.5. The number of nitrogens with two attached hydrogens (primary N) is 1. The van der Waals surface area contributed by atoms with Crippen LogP contribution in [-0.4, -0.2) is 78.6 Å². The lowest BCUT2D eigenvalue weighted by molar-refractivity contribution is -0.0107. The zero-order chi connectivity index (χ0) is 25.7. The van der Waals surface area contributed by atoms with Gasteiger partial charge in [-0.15, -0.1) is 0 Å². The number of unbranched alkanes of at least 4 members (excludes halogenated alkanes) is 1. The summed E-state index contributed by atoms with van der Waals surface area (Å²) in [5.74, 6) is 0.410. The Morgan fingerprint density at radius 1 is 0.722 bits per heavy atom. The van der Waals surface area contributed by atoms with E-state index in [0.29, 0.717) is 70.7 Å². The minimum Gasteiger partial charge on any atom is -0.491 e. The molecule has 0 unspecified atom stereocenters. The number of rotatable bonds is 21. The summed E-state index contributed by atoms with van der Waals surface area (Å²) in [4.78, 5) is 12.1. The minimum atomic E-state index is -0.356. The van der Waals surface area contributed by atoms with Crippen LogP contribution < -0.4 is 15.8 Å². The summed E-state index contributed by atoms with van der Waals surface area (Å²) in [5, 5.41) is 3.31. The third kappa shape index (κ3) is 13.9. The molecular weight excluding hydrogens is 464 g/mol. The molecule has 0 amide bonds. The van der Waals surface area contributed by atoms with E-state index < -0.39 is 0 Å². The molecule has 0 aliphatic rings. The van der Waals surface area contributed by atoms with Gasteiger partial charge >= 0.3 is 5.97 Å². The van der Waals surface area contributed by atoms with Gasteiger partial charge in [0.05, 0.1) is 58.4 Å². The number of anilines is 2. The van der Waals surface area contributed by atoms with Crippen molar-refractivity contribution in [3.8, 4) is 5.75 Å². The van der Waals surface area contributed by atoms with E-state index in [1.807, 2.05) is 24.3 Å². The van der Waals surface area contributed by atoms with E-state index in [-0.39, 0.29) is 12.6 Å². The maximum absolute atomic E-state index is 12.1. The second-order valence-electron chi connectivity index (χ2n) is 7.86. The number of hydrogen-bond acceptors (Lipinski definition) is 9. The topological polar surface area (TPSA) is 111 Å². The summed E-state index contributed by atoms with van der Waals surface area (Å²) in [6.07, 6.45) is 2.25. The number of nitrogen functional groups attached to an aromatic ring is 1. The smallest absolute Gasteiger partial charge is 0.338 e. The van der Waals surface area contributed by atoms with Gasteiger partial charge < -0.3 is 39.5 Å². The van der Waals surface area contributed by atoms with Crippen molar-refractivity contribution in [1.82, 2.24) is 0 Å². The first-order chi connectivity index (χ1) is 17.7. The maximum atomic E-state index is 12.1. The highest BCUT2D eigenvalue weighted by molar-refractivity contribution is 5.89.